The van der Waals surface area contributed by atoms with E-state index in [2.05, 4.69) is 0 Å². The average molecular weight is 325 g/mol. The number of likely N-dealkylation sites (tertiary alicyclic amines) is 1. The van der Waals surface area contributed by atoms with E-state index in [1.54, 1.807) is 19.1 Å². The Labute approximate surface area is 136 Å². The SMILES string of the molecule is CCOC(=O)C1CCCN(CC(O)COc2ccccc2F)C1. The van der Waals surface area contributed by atoms with E-state index in [9.17, 15) is 14.3 Å². The van der Waals surface area contributed by atoms with Gasteiger partial charge in [-0.05, 0) is 38.4 Å². The third-order valence-electron chi connectivity index (χ3n) is 3.86. The Morgan fingerprint density at radius 3 is 3.00 bits per heavy atom. The first-order valence-electron chi connectivity index (χ1n) is 8.04. The highest BCUT2D eigenvalue weighted by molar-refractivity contribution is 5.72. The van der Waals surface area contributed by atoms with Crippen molar-refractivity contribution in [2.24, 2.45) is 5.92 Å². The summed E-state index contributed by atoms with van der Waals surface area (Å²) in [6, 6.07) is 6.11. The molecule has 0 aromatic heterocycles. The number of nitrogens with zero attached hydrogens (tertiary/aromatic N) is 1. The van der Waals surface area contributed by atoms with E-state index in [0.717, 1.165) is 19.4 Å². The van der Waals surface area contributed by atoms with E-state index in [4.69, 9.17) is 9.47 Å². The summed E-state index contributed by atoms with van der Waals surface area (Å²) >= 11 is 0. The molecule has 0 aliphatic carbocycles. The van der Waals surface area contributed by atoms with Crippen LogP contribution in [0.5, 0.6) is 5.75 Å². The minimum atomic E-state index is -0.740. The third-order valence-corrected chi connectivity index (χ3v) is 3.86. The summed E-state index contributed by atoms with van der Waals surface area (Å²) in [6.07, 6.45) is 0.970. The zero-order valence-electron chi connectivity index (χ0n) is 13.4. The van der Waals surface area contributed by atoms with Gasteiger partial charge in [0.2, 0.25) is 0 Å². The molecule has 1 fully saturated rings. The van der Waals surface area contributed by atoms with Gasteiger partial charge in [0.05, 0.1) is 12.5 Å². The van der Waals surface area contributed by atoms with Crippen LogP contribution in [-0.4, -0.2) is 54.9 Å². The van der Waals surface area contributed by atoms with Gasteiger partial charge in [-0.15, -0.1) is 0 Å². The minimum Gasteiger partial charge on any atom is -0.488 e. The maximum absolute atomic E-state index is 13.4. The number of esters is 1. The van der Waals surface area contributed by atoms with Crippen molar-refractivity contribution >= 4 is 5.97 Å². The molecule has 2 atom stereocenters. The van der Waals surface area contributed by atoms with Gasteiger partial charge >= 0.3 is 5.97 Å². The molecule has 0 spiro atoms. The van der Waals surface area contributed by atoms with E-state index in [1.807, 2.05) is 4.90 Å². The number of aliphatic hydroxyl groups is 1. The molecule has 1 aliphatic rings. The molecule has 0 radical (unpaired) electrons. The summed E-state index contributed by atoms with van der Waals surface area (Å²) < 4.78 is 23.8. The first-order valence-corrected chi connectivity index (χ1v) is 8.04. The Balaban J connectivity index is 1.77. The molecule has 2 unspecified atom stereocenters. The molecule has 1 saturated heterocycles. The van der Waals surface area contributed by atoms with Crippen LogP contribution in [-0.2, 0) is 9.53 Å². The van der Waals surface area contributed by atoms with Gasteiger partial charge in [-0.1, -0.05) is 12.1 Å². The Morgan fingerprint density at radius 1 is 1.48 bits per heavy atom. The molecule has 23 heavy (non-hydrogen) atoms. The fourth-order valence-electron chi connectivity index (χ4n) is 2.77. The standard InChI is InChI=1S/C17H24FNO4/c1-2-22-17(21)13-6-5-9-19(10-13)11-14(20)12-23-16-8-4-3-7-15(16)18/h3-4,7-8,13-14,20H,2,5-6,9-12H2,1H3. The number of halogens is 1. The van der Waals surface area contributed by atoms with E-state index >= 15 is 0 Å². The molecule has 128 valence electrons. The van der Waals surface area contributed by atoms with Crippen LogP contribution in [0.15, 0.2) is 24.3 Å². The number of benzene rings is 1. The van der Waals surface area contributed by atoms with E-state index in [-0.39, 0.29) is 24.2 Å². The van der Waals surface area contributed by atoms with Gasteiger partial charge in [0.1, 0.15) is 12.7 Å². The number of β-amino-alcohol motifs (C(OH)–C–C–N with tert-alkyl or cyclic N) is 1. The number of piperidine rings is 1. The normalized spacial score (nSPS) is 20.0. The van der Waals surface area contributed by atoms with Crippen LogP contribution in [0, 0.1) is 11.7 Å². The van der Waals surface area contributed by atoms with Crippen molar-refractivity contribution in [3.63, 3.8) is 0 Å². The highest BCUT2D eigenvalue weighted by Gasteiger charge is 2.27. The molecule has 6 heteroatoms. The zero-order chi connectivity index (χ0) is 16.7. The fraction of sp³-hybridized carbons (Fsp3) is 0.588. The molecule has 0 saturated carbocycles. The smallest absolute Gasteiger partial charge is 0.310 e. The zero-order valence-corrected chi connectivity index (χ0v) is 13.4. The lowest BCUT2D eigenvalue weighted by molar-refractivity contribution is -0.150. The van der Waals surface area contributed by atoms with Crippen LogP contribution in [0.4, 0.5) is 4.39 Å². The maximum atomic E-state index is 13.4. The van der Waals surface area contributed by atoms with Gasteiger partial charge in [0.15, 0.2) is 11.6 Å². The predicted molar refractivity (Wildman–Crippen MR) is 83.7 cm³/mol. The molecule has 1 aromatic rings. The molecule has 1 heterocycles. The summed E-state index contributed by atoms with van der Waals surface area (Å²) in [5.74, 6) is -0.618. The van der Waals surface area contributed by atoms with Crippen LogP contribution in [0.3, 0.4) is 0 Å². The van der Waals surface area contributed by atoms with Gasteiger partial charge in [-0.3, -0.25) is 9.69 Å². The van der Waals surface area contributed by atoms with Crippen molar-refractivity contribution < 1.29 is 23.8 Å². The quantitative estimate of drug-likeness (QED) is 0.775. The Bertz CT molecular complexity index is 511. The number of rotatable bonds is 7. The molecule has 1 aromatic carbocycles. The topological polar surface area (TPSA) is 59.0 Å². The Morgan fingerprint density at radius 2 is 2.26 bits per heavy atom. The molecule has 2 rings (SSSR count). The number of para-hydroxylation sites is 1. The minimum absolute atomic E-state index is 0.0154. The van der Waals surface area contributed by atoms with E-state index < -0.39 is 11.9 Å². The summed E-state index contributed by atoms with van der Waals surface area (Å²) in [5.41, 5.74) is 0. The first-order chi connectivity index (χ1) is 11.1. The number of hydrogen-bond acceptors (Lipinski definition) is 5. The second-order valence-corrected chi connectivity index (χ2v) is 5.75. The largest absolute Gasteiger partial charge is 0.488 e. The van der Waals surface area contributed by atoms with Gasteiger partial charge in [-0.25, -0.2) is 4.39 Å². The number of hydrogen-bond donors (Lipinski definition) is 1. The summed E-state index contributed by atoms with van der Waals surface area (Å²) in [7, 11) is 0. The fourth-order valence-corrected chi connectivity index (χ4v) is 2.77. The highest BCUT2D eigenvalue weighted by Crippen LogP contribution is 2.19. The molecule has 1 N–H and O–H groups in total. The summed E-state index contributed by atoms with van der Waals surface area (Å²) in [6.45, 7) is 3.99. The summed E-state index contributed by atoms with van der Waals surface area (Å²) in [5, 5.41) is 10.1. The highest BCUT2D eigenvalue weighted by atomic mass is 19.1. The number of ether oxygens (including phenoxy) is 2. The van der Waals surface area contributed by atoms with Crippen LogP contribution in [0.1, 0.15) is 19.8 Å². The monoisotopic (exact) mass is 325 g/mol. The third kappa shape index (κ3) is 5.48. The maximum Gasteiger partial charge on any atom is 0.310 e. The lowest BCUT2D eigenvalue weighted by Gasteiger charge is -2.32. The van der Waals surface area contributed by atoms with Crippen LogP contribution < -0.4 is 4.74 Å². The second-order valence-electron chi connectivity index (χ2n) is 5.75. The van der Waals surface area contributed by atoms with Crippen LogP contribution >= 0.6 is 0 Å². The van der Waals surface area contributed by atoms with E-state index in [0.29, 0.717) is 19.7 Å². The molecule has 5 nitrogen and oxygen atoms in total. The Kier molecular flexibility index (Phi) is 6.80. The number of carbonyl (C=O) groups excluding carboxylic acids is 1. The lowest BCUT2D eigenvalue weighted by atomic mass is 9.98. The first kappa shape index (κ1) is 17.7. The second kappa shape index (κ2) is 8.84. The van der Waals surface area contributed by atoms with Crippen molar-refractivity contribution in [3.8, 4) is 5.75 Å². The molecule has 0 bridgehead atoms. The van der Waals surface area contributed by atoms with Gasteiger partial charge in [0, 0.05) is 13.1 Å². The predicted octanol–water partition coefficient (Wildman–Crippen LogP) is 1.84. The van der Waals surface area contributed by atoms with Gasteiger partial charge in [-0.2, -0.15) is 0 Å². The average Bonchev–Trinajstić information content (AvgIpc) is 2.54. The van der Waals surface area contributed by atoms with Crippen molar-refractivity contribution in [2.75, 3.05) is 32.8 Å². The van der Waals surface area contributed by atoms with Crippen molar-refractivity contribution in [3.05, 3.63) is 30.1 Å². The molecular formula is C17H24FNO4. The van der Waals surface area contributed by atoms with Crippen molar-refractivity contribution in [1.82, 2.24) is 4.90 Å². The van der Waals surface area contributed by atoms with Crippen molar-refractivity contribution in [2.45, 2.75) is 25.9 Å². The van der Waals surface area contributed by atoms with E-state index in [1.165, 1.54) is 12.1 Å². The number of aliphatic hydroxyl groups excluding tert-OH is 1. The lowest BCUT2D eigenvalue weighted by Crippen LogP contribution is -2.44. The molecule has 1 aliphatic heterocycles. The number of carbonyl (C=O) groups is 1. The van der Waals surface area contributed by atoms with Crippen molar-refractivity contribution in [1.29, 1.82) is 0 Å². The molecule has 0 amide bonds. The van der Waals surface area contributed by atoms with Crippen LogP contribution in [0.2, 0.25) is 0 Å². The van der Waals surface area contributed by atoms with Crippen LogP contribution in [0.25, 0.3) is 0 Å². The summed E-state index contributed by atoms with van der Waals surface area (Å²) in [4.78, 5) is 13.8. The van der Waals surface area contributed by atoms with Gasteiger partial charge in [0.25, 0.3) is 0 Å². The Hall–Kier alpha value is -1.66. The molecular weight excluding hydrogens is 301 g/mol. The van der Waals surface area contributed by atoms with Gasteiger partial charge < -0.3 is 14.6 Å².